The summed E-state index contributed by atoms with van der Waals surface area (Å²) in [6.45, 7) is 1.76. The van der Waals surface area contributed by atoms with Gasteiger partial charge in [0.2, 0.25) is 0 Å². The smallest absolute Gasteiger partial charge is 0.326 e. The summed E-state index contributed by atoms with van der Waals surface area (Å²) in [6, 6.07) is 2.75. The van der Waals surface area contributed by atoms with Crippen LogP contribution in [0, 0.1) is 6.92 Å². The highest BCUT2D eigenvalue weighted by molar-refractivity contribution is 7.15. The number of nitrogens with zero attached hydrogens (tertiary/aromatic N) is 1. The summed E-state index contributed by atoms with van der Waals surface area (Å²) in [6.07, 6.45) is 1.79. The summed E-state index contributed by atoms with van der Waals surface area (Å²) < 4.78 is 0. The van der Waals surface area contributed by atoms with Crippen LogP contribution in [-0.4, -0.2) is 21.0 Å². The van der Waals surface area contributed by atoms with Crippen LogP contribution in [0.1, 0.15) is 16.6 Å². The van der Waals surface area contributed by atoms with Crippen molar-refractivity contribution >= 4 is 17.3 Å². The molecule has 1 atom stereocenters. The number of aromatic amines is 1. The number of nitrogens with one attached hydrogen (secondary N) is 1. The molecule has 0 radical (unpaired) electrons. The van der Waals surface area contributed by atoms with E-state index < -0.39 is 12.0 Å². The molecule has 0 spiro atoms. The van der Waals surface area contributed by atoms with Crippen LogP contribution in [0.15, 0.2) is 18.3 Å². The molecule has 0 fully saturated rings. The Morgan fingerprint density at radius 2 is 2.44 bits per heavy atom. The number of carbonyl (C=O) groups is 1. The molecular formula is C10H11N3O2S. The van der Waals surface area contributed by atoms with E-state index in [9.17, 15) is 4.79 Å². The molecule has 0 aliphatic heterocycles. The highest BCUT2D eigenvalue weighted by Gasteiger charge is 2.21. The SMILES string of the molecule is Cc1nc(-c2ccc[nH]2)sc1C(N)C(=O)O. The molecule has 6 heteroatoms. The van der Waals surface area contributed by atoms with Gasteiger partial charge in [-0.1, -0.05) is 0 Å². The predicted molar refractivity (Wildman–Crippen MR) is 61.2 cm³/mol. The summed E-state index contributed by atoms with van der Waals surface area (Å²) >= 11 is 1.31. The summed E-state index contributed by atoms with van der Waals surface area (Å²) in [5, 5.41) is 9.60. The maximum Gasteiger partial charge on any atom is 0.326 e. The Kier molecular flexibility index (Phi) is 2.76. The number of aromatic nitrogens is 2. The summed E-state index contributed by atoms with van der Waals surface area (Å²) in [7, 11) is 0. The van der Waals surface area contributed by atoms with Crippen molar-refractivity contribution in [1.82, 2.24) is 9.97 Å². The molecule has 16 heavy (non-hydrogen) atoms. The zero-order valence-electron chi connectivity index (χ0n) is 8.60. The van der Waals surface area contributed by atoms with Crippen molar-refractivity contribution < 1.29 is 9.90 Å². The minimum Gasteiger partial charge on any atom is -0.480 e. The maximum absolute atomic E-state index is 10.8. The second kappa shape index (κ2) is 4.07. The predicted octanol–water partition coefficient (Wildman–Crippen LogP) is 1.53. The van der Waals surface area contributed by atoms with E-state index in [-0.39, 0.29) is 0 Å². The number of aliphatic carboxylic acids is 1. The van der Waals surface area contributed by atoms with E-state index in [1.807, 2.05) is 12.1 Å². The molecule has 0 saturated carbocycles. The average Bonchev–Trinajstić information content (AvgIpc) is 2.84. The molecule has 5 nitrogen and oxygen atoms in total. The third kappa shape index (κ3) is 1.84. The molecule has 2 rings (SSSR count). The first-order valence-electron chi connectivity index (χ1n) is 4.69. The molecule has 0 amide bonds. The van der Waals surface area contributed by atoms with Gasteiger partial charge in [0, 0.05) is 6.20 Å². The quantitative estimate of drug-likeness (QED) is 0.754. The topological polar surface area (TPSA) is 92.0 Å². The first kappa shape index (κ1) is 10.8. The van der Waals surface area contributed by atoms with Gasteiger partial charge >= 0.3 is 5.97 Å². The normalized spacial score (nSPS) is 12.6. The van der Waals surface area contributed by atoms with E-state index in [1.165, 1.54) is 11.3 Å². The second-order valence-electron chi connectivity index (χ2n) is 3.37. The van der Waals surface area contributed by atoms with E-state index >= 15 is 0 Å². The molecule has 0 bridgehead atoms. The zero-order chi connectivity index (χ0) is 11.7. The second-order valence-corrected chi connectivity index (χ2v) is 4.40. The van der Waals surface area contributed by atoms with Crippen LogP contribution in [0.5, 0.6) is 0 Å². The molecule has 0 saturated heterocycles. The van der Waals surface area contributed by atoms with Gasteiger partial charge in [0.15, 0.2) is 0 Å². The number of carboxylic acids is 1. The van der Waals surface area contributed by atoms with E-state index in [4.69, 9.17) is 10.8 Å². The van der Waals surface area contributed by atoms with Gasteiger partial charge < -0.3 is 15.8 Å². The minimum absolute atomic E-state index is 0.595. The van der Waals surface area contributed by atoms with Gasteiger partial charge in [-0.25, -0.2) is 4.98 Å². The van der Waals surface area contributed by atoms with Gasteiger partial charge in [0.05, 0.1) is 16.3 Å². The van der Waals surface area contributed by atoms with Crippen LogP contribution in [0.25, 0.3) is 10.7 Å². The Bertz CT molecular complexity index is 504. The lowest BCUT2D eigenvalue weighted by Gasteiger charge is -2.02. The van der Waals surface area contributed by atoms with E-state index in [2.05, 4.69) is 9.97 Å². The van der Waals surface area contributed by atoms with Crippen LogP contribution in [0.3, 0.4) is 0 Å². The lowest BCUT2D eigenvalue weighted by atomic mass is 10.2. The van der Waals surface area contributed by atoms with E-state index in [0.29, 0.717) is 10.6 Å². The number of nitrogens with two attached hydrogens (primary N) is 1. The number of hydrogen-bond acceptors (Lipinski definition) is 4. The third-order valence-electron chi connectivity index (χ3n) is 2.21. The van der Waals surface area contributed by atoms with Gasteiger partial charge in [-0.3, -0.25) is 4.79 Å². The van der Waals surface area contributed by atoms with Crippen molar-refractivity contribution in [2.24, 2.45) is 5.73 Å². The molecule has 0 aromatic carbocycles. The van der Waals surface area contributed by atoms with Crippen LogP contribution in [0.2, 0.25) is 0 Å². The minimum atomic E-state index is -1.04. The monoisotopic (exact) mass is 237 g/mol. The van der Waals surface area contributed by atoms with Gasteiger partial charge in [-0.2, -0.15) is 0 Å². The Hall–Kier alpha value is -1.66. The van der Waals surface area contributed by atoms with Crippen molar-refractivity contribution in [1.29, 1.82) is 0 Å². The molecule has 2 aromatic heterocycles. The Labute approximate surface area is 95.9 Å². The Morgan fingerprint density at radius 1 is 1.69 bits per heavy atom. The molecule has 2 heterocycles. The fourth-order valence-corrected chi connectivity index (χ4v) is 2.44. The molecule has 84 valence electrons. The molecule has 1 unspecified atom stereocenters. The summed E-state index contributed by atoms with van der Waals surface area (Å²) in [4.78, 5) is 18.7. The average molecular weight is 237 g/mol. The Balaban J connectivity index is 2.40. The lowest BCUT2D eigenvalue weighted by molar-refractivity contribution is -0.138. The lowest BCUT2D eigenvalue weighted by Crippen LogP contribution is -2.20. The van der Waals surface area contributed by atoms with Gasteiger partial charge in [0.25, 0.3) is 0 Å². The van der Waals surface area contributed by atoms with Crippen LogP contribution >= 0.6 is 11.3 Å². The number of carboxylic acid groups (broad SMARTS) is 1. The first-order chi connectivity index (χ1) is 7.59. The molecule has 0 aliphatic carbocycles. The fraction of sp³-hybridized carbons (Fsp3) is 0.200. The molecule has 4 N–H and O–H groups in total. The van der Waals surface area contributed by atoms with Gasteiger partial charge in [-0.15, -0.1) is 11.3 Å². The standard InChI is InChI=1S/C10H11N3O2S/c1-5-8(7(11)10(14)15)16-9(13-5)6-3-2-4-12-6/h2-4,7,12H,11H2,1H3,(H,14,15). The van der Waals surface area contributed by atoms with Crippen molar-refractivity contribution in [3.05, 3.63) is 28.9 Å². The van der Waals surface area contributed by atoms with E-state index in [0.717, 1.165) is 10.7 Å². The van der Waals surface area contributed by atoms with Crippen molar-refractivity contribution in [2.75, 3.05) is 0 Å². The highest BCUT2D eigenvalue weighted by Crippen LogP contribution is 2.30. The Morgan fingerprint density at radius 3 is 3.00 bits per heavy atom. The summed E-state index contributed by atoms with van der Waals surface area (Å²) in [5.74, 6) is -1.04. The number of rotatable bonds is 3. The number of hydrogen-bond donors (Lipinski definition) is 3. The molecule has 0 aliphatic rings. The van der Waals surface area contributed by atoms with Crippen molar-refractivity contribution in [2.45, 2.75) is 13.0 Å². The van der Waals surface area contributed by atoms with Crippen LogP contribution in [0.4, 0.5) is 0 Å². The molecular weight excluding hydrogens is 226 g/mol. The van der Waals surface area contributed by atoms with Gasteiger partial charge in [0.1, 0.15) is 11.0 Å². The van der Waals surface area contributed by atoms with Gasteiger partial charge in [-0.05, 0) is 19.1 Å². The number of H-pyrrole nitrogens is 1. The van der Waals surface area contributed by atoms with Crippen LogP contribution in [-0.2, 0) is 4.79 Å². The highest BCUT2D eigenvalue weighted by atomic mass is 32.1. The molecule has 2 aromatic rings. The number of aryl methyl sites for hydroxylation is 1. The van der Waals surface area contributed by atoms with E-state index in [1.54, 1.807) is 13.1 Å². The fourth-order valence-electron chi connectivity index (χ4n) is 1.39. The maximum atomic E-state index is 10.8. The van der Waals surface area contributed by atoms with Crippen molar-refractivity contribution in [3.8, 4) is 10.7 Å². The first-order valence-corrected chi connectivity index (χ1v) is 5.50. The third-order valence-corrected chi connectivity index (χ3v) is 3.48. The van der Waals surface area contributed by atoms with Crippen molar-refractivity contribution in [3.63, 3.8) is 0 Å². The zero-order valence-corrected chi connectivity index (χ0v) is 9.41. The largest absolute Gasteiger partial charge is 0.480 e. The summed E-state index contributed by atoms with van der Waals surface area (Å²) in [5.41, 5.74) is 7.11. The van der Waals surface area contributed by atoms with Crippen LogP contribution < -0.4 is 5.73 Å². The number of thiazole rings is 1.